The Labute approximate surface area is 85.3 Å². The Hall–Kier alpha value is -1.02. The Morgan fingerprint density at radius 3 is 2.93 bits per heavy atom. The van der Waals surface area contributed by atoms with Gasteiger partial charge in [0.25, 0.3) is 0 Å². The maximum atomic E-state index is 5.76. The molecule has 0 spiro atoms. The highest BCUT2D eigenvalue weighted by Crippen LogP contribution is 2.36. The van der Waals surface area contributed by atoms with Crippen LogP contribution in [0.2, 0.25) is 0 Å². The minimum Gasteiger partial charge on any atom is -0.488 e. The molecule has 1 heterocycles. The first-order valence-electron chi connectivity index (χ1n) is 5.23. The third-order valence-corrected chi connectivity index (χ3v) is 2.71. The lowest BCUT2D eigenvalue weighted by molar-refractivity contribution is 0.211. The number of rotatable bonds is 2. The monoisotopic (exact) mass is 191 g/mol. The van der Waals surface area contributed by atoms with Crippen LogP contribution >= 0.6 is 0 Å². The number of ether oxygens (including phenoxy) is 1. The van der Waals surface area contributed by atoms with Crippen LogP contribution in [0.1, 0.15) is 31.0 Å². The van der Waals surface area contributed by atoms with Crippen LogP contribution in [0.3, 0.4) is 0 Å². The summed E-state index contributed by atoms with van der Waals surface area (Å²) in [6.45, 7) is 7.33. The van der Waals surface area contributed by atoms with Crippen molar-refractivity contribution < 1.29 is 4.74 Å². The fraction of sp³-hybridized carbons (Fsp3) is 0.500. The number of fused-ring (bicyclic) bond motifs is 1. The second-order valence-electron chi connectivity index (χ2n) is 3.90. The molecule has 0 fully saturated rings. The number of likely N-dealkylation sites (N-methyl/N-ethyl adjacent to an activating group) is 1. The van der Waals surface area contributed by atoms with Crippen LogP contribution in [0.4, 0.5) is 0 Å². The van der Waals surface area contributed by atoms with Crippen molar-refractivity contribution in [3.63, 3.8) is 0 Å². The highest BCUT2D eigenvalue weighted by molar-refractivity contribution is 5.42. The van der Waals surface area contributed by atoms with Crippen molar-refractivity contribution >= 4 is 0 Å². The third-order valence-electron chi connectivity index (χ3n) is 2.71. The molecule has 2 unspecified atom stereocenters. The predicted molar refractivity (Wildman–Crippen MR) is 57.7 cm³/mol. The van der Waals surface area contributed by atoms with Crippen LogP contribution in [0.5, 0.6) is 5.75 Å². The van der Waals surface area contributed by atoms with Crippen LogP contribution in [0.15, 0.2) is 18.2 Å². The standard InChI is InChI=1S/C12H17NO/c1-4-13-12-9(3)14-11-6-5-8(2)7-10(11)12/h5-7,9,12-13H,4H2,1-3H3. The van der Waals surface area contributed by atoms with Crippen molar-refractivity contribution in [2.45, 2.75) is 32.9 Å². The Morgan fingerprint density at radius 2 is 2.21 bits per heavy atom. The van der Waals surface area contributed by atoms with E-state index in [-0.39, 0.29) is 6.10 Å². The fourth-order valence-electron chi connectivity index (χ4n) is 2.04. The molecule has 0 aliphatic carbocycles. The average molecular weight is 191 g/mol. The van der Waals surface area contributed by atoms with E-state index in [0.717, 1.165) is 12.3 Å². The quantitative estimate of drug-likeness (QED) is 0.775. The van der Waals surface area contributed by atoms with Gasteiger partial charge in [-0.25, -0.2) is 0 Å². The molecule has 2 nitrogen and oxygen atoms in total. The molecule has 1 aliphatic rings. The molecule has 1 aliphatic heterocycles. The summed E-state index contributed by atoms with van der Waals surface area (Å²) in [4.78, 5) is 0. The molecule has 14 heavy (non-hydrogen) atoms. The first-order valence-corrected chi connectivity index (χ1v) is 5.23. The lowest BCUT2D eigenvalue weighted by Crippen LogP contribution is -2.28. The molecule has 0 amide bonds. The van der Waals surface area contributed by atoms with E-state index in [1.807, 2.05) is 0 Å². The van der Waals surface area contributed by atoms with Gasteiger partial charge in [-0.05, 0) is 26.5 Å². The normalized spacial score (nSPS) is 24.5. The van der Waals surface area contributed by atoms with E-state index in [2.05, 4.69) is 44.3 Å². The second kappa shape index (κ2) is 3.62. The number of nitrogens with one attached hydrogen (secondary N) is 1. The lowest BCUT2D eigenvalue weighted by Gasteiger charge is -2.15. The molecule has 1 N–H and O–H groups in total. The fourth-order valence-corrected chi connectivity index (χ4v) is 2.04. The van der Waals surface area contributed by atoms with Gasteiger partial charge in [-0.2, -0.15) is 0 Å². The van der Waals surface area contributed by atoms with Crippen LogP contribution in [0.25, 0.3) is 0 Å². The van der Waals surface area contributed by atoms with Gasteiger partial charge in [0.05, 0.1) is 6.04 Å². The molecule has 0 saturated carbocycles. The van der Waals surface area contributed by atoms with Crippen LogP contribution < -0.4 is 10.1 Å². The van der Waals surface area contributed by atoms with Gasteiger partial charge in [-0.1, -0.05) is 24.6 Å². The van der Waals surface area contributed by atoms with Crippen molar-refractivity contribution in [3.8, 4) is 5.75 Å². The Kier molecular flexibility index (Phi) is 2.46. The zero-order chi connectivity index (χ0) is 10.1. The molecule has 0 aromatic heterocycles. The SMILES string of the molecule is CCNC1c2cc(C)ccc2OC1C. The third kappa shape index (κ3) is 1.50. The summed E-state index contributed by atoms with van der Waals surface area (Å²) in [6.07, 6.45) is 0.242. The van der Waals surface area contributed by atoms with Crippen molar-refractivity contribution in [3.05, 3.63) is 29.3 Å². The van der Waals surface area contributed by atoms with Crippen molar-refractivity contribution in [2.24, 2.45) is 0 Å². The van der Waals surface area contributed by atoms with E-state index in [9.17, 15) is 0 Å². The van der Waals surface area contributed by atoms with Gasteiger partial charge >= 0.3 is 0 Å². The number of aryl methyl sites for hydroxylation is 1. The van der Waals surface area contributed by atoms with Gasteiger partial charge in [0.15, 0.2) is 0 Å². The average Bonchev–Trinajstić information content (AvgIpc) is 2.45. The van der Waals surface area contributed by atoms with E-state index in [4.69, 9.17) is 4.74 Å². The lowest BCUT2D eigenvalue weighted by atomic mass is 10.0. The van der Waals surface area contributed by atoms with Crippen molar-refractivity contribution in [2.75, 3.05) is 6.54 Å². The summed E-state index contributed by atoms with van der Waals surface area (Å²) in [5.41, 5.74) is 2.60. The van der Waals surface area contributed by atoms with Gasteiger partial charge < -0.3 is 10.1 Å². The summed E-state index contributed by atoms with van der Waals surface area (Å²) in [5.74, 6) is 1.04. The molecule has 2 atom stereocenters. The highest BCUT2D eigenvalue weighted by atomic mass is 16.5. The highest BCUT2D eigenvalue weighted by Gasteiger charge is 2.29. The second-order valence-corrected chi connectivity index (χ2v) is 3.90. The maximum absolute atomic E-state index is 5.76. The minimum absolute atomic E-state index is 0.242. The molecule has 2 rings (SSSR count). The molecular formula is C12H17NO. The van der Waals surface area contributed by atoms with Crippen molar-refractivity contribution in [1.82, 2.24) is 5.32 Å². The zero-order valence-corrected chi connectivity index (χ0v) is 9.00. The van der Waals surface area contributed by atoms with Gasteiger partial charge in [0.1, 0.15) is 11.9 Å². The molecule has 0 radical (unpaired) electrons. The van der Waals surface area contributed by atoms with Crippen LogP contribution in [0, 0.1) is 6.92 Å². The van der Waals surface area contributed by atoms with E-state index in [0.29, 0.717) is 6.04 Å². The van der Waals surface area contributed by atoms with Gasteiger partial charge in [-0.15, -0.1) is 0 Å². The number of hydrogen-bond acceptors (Lipinski definition) is 2. The summed E-state index contributed by atoms with van der Waals surface area (Å²) in [7, 11) is 0. The largest absolute Gasteiger partial charge is 0.488 e. The van der Waals surface area contributed by atoms with E-state index >= 15 is 0 Å². The number of hydrogen-bond donors (Lipinski definition) is 1. The van der Waals surface area contributed by atoms with E-state index < -0.39 is 0 Å². The topological polar surface area (TPSA) is 21.3 Å². The summed E-state index contributed by atoms with van der Waals surface area (Å²) < 4.78 is 5.76. The minimum atomic E-state index is 0.242. The molecule has 0 bridgehead atoms. The smallest absolute Gasteiger partial charge is 0.124 e. The zero-order valence-electron chi connectivity index (χ0n) is 9.00. The van der Waals surface area contributed by atoms with Crippen LogP contribution in [-0.4, -0.2) is 12.6 Å². The maximum Gasteiger partial charge on any atom is 0.124 e. The Morgan fingerprint density at radius 1 is 1.43 bits per heavy atom. The first-order chi connectivity index (χ1) is 6.72. The molecule has 1 aromatic carbocycles. The van der Waals surface area contributed by atoms with Gasteiger partial charge in [0, 0.05) is 5.56 Å². The summed E-state index contributed by atoms with van der Waals surface area (Å²) in [5, 5.41) is 3.45. The van der Waals surface area contributed by atoms with Gasteiger partial charge in [0.2, 0.25) is 0 Å². The molecular weight excluding hydrogens is 174 g/mol. The first kappa shape index (κ1) is 9.53. The van der Waals surface area contributed by atoms with Gasteiger partial charge in [-0.3, -0.25) is 0 Å². The van der Waals surface area contributed by atoms with Crippen LogP contribution in [-0.2, 0) is 0 Å². The summed E-state index contributed by atoms with van der Waals surface area (Å²) in [6, 6.07) is 6.74. The molecule has 0 saturated heterocycles. The Balaban J connectivity index is 2.34. The van der Waals surface area contributed by atoms with Crippen molar-refractivity contribution in [1.29, 1.82) is 0 Å². The van der Waals surface area contributed by atoms with E-state index in [1.54, 1.807) is 0 Å². The molecule has 1 aromatic rings. The number of benzene rings is 1. The Bertz CT molecular complexity index is 335. The molecule has 2 heteroatoms. The van der Waals surface area contributed by atoms with E-state index in [1.165, 1.54) is 11.1 Å². The predicted octanol–water partition coefficient (Wildman–Crippen LogP) is 2.43. The molecule has 76 valence electrons. The summed E-state index contributed by atoms with van der Waals surface area (Å²) >= 11 is 0.